The molecule has 5 rings (SSSR count). The number of nitriles is 1. The van der Waals surface area contributed by atoms with E-state index in [1.807, 2.05) is 36.4 Å². The predicted molar refractivity (Wildman–Crippen MR) is 151 cm³/mol. The highest BCUT2D eigenvalue weighted by molar-refractivity contribution is 6.09. The molecular weight excluding hydrogens is 529 g/mol. The van der Waals surface area contributed by atoms with E-state index in [1.165, 1.54) is 17.0 Å². The van der Waals surface area contributed by atoms with Crippen LogP contribution in [0.15, 0.2) is 78.5 Å². The molecule has 0 unspecified atom stereocenters. The van der Waals surface area contributed by atoms with Gasteiger partial charge in [0.05, 0.1) is 29.4 Å². The Morgan fingerprint density at radius 3 is 2.29 bits per heavy atom. The lowest BCUT2D eigenvalue weighted by atomic mass is 9.91. The van der Waals surface area contributed by atoms with Crippen molar-refractivity contribution < 1.29 is 22.8 Å². The van der Waals surface area contributed by atoms with Gasteiger partial charge >= 0.3 is 18.2 Å². The normalized spacial score (nSPS) is 16.5. The lowest BCUT2D eigenvalue weighted by Crippen LogP contribution is -2.55. The van der Waals surface area contributed by atoms with Crippen molar-refractivity contribution in [2.45, 2.75) is 51.2 Å². The lowest BCUT2D eigenvalue weighted by molar-refractivity contribution is -0.137. The first kappa shape index (κ1) is 28.0. The Balaban J connectivity index is 1.62. The molecule has 0 atom stereocenters. The topological polar surface area (TPSA) is 76.4 Å². The zero-order valence-electron chi connectivity index (χ0n) is 22.5. The molecular formula is C32H29F3N4O2. The molecule has 9 heteroatoms. The van der Waals surface area contributed by atoms with Gasteiger partial charge in [-0.25, -0.2) is 14.5 Å². The summed E-state index contributed by atoms with van der Waals surface area (Å²) in [6, 6.07) is 19.8. The maximum atomic E-state index is 13.8. The first-order chi connectivity index (χ1) is 19.7. The van der Waals surface area contributed by atoms with Crippen LogP contribution in [-0.4, -0.2) is 29.5 Å². The SMILES string of the molecule is CC1=C(c2ccccc2-c2ccc(C#N)cc2)CN(C(=O)NC2CCCCC2)C(=O)N1c1cccc(C(F)(F)F)c1. The van der Waals surface area contributed by atoms with Crippen LogP contribution in [0.4, 0.5) is 28.4 Å². The minimum Gasteiger partial charge on any atom is -0.335 e. The molecule has 0 aromatic heterocycles. The highest BCUT2D eigenvalue weighted by Crippen LogP contribution is 2.39. The third kappa shape index (κ3) is 5.82. The average molecular weight is 559 g/mol. The number of hydrogen-bond donors (Lipinski definition) is 1. The fraction of sp³-hybridized carbons (Fsp3) is 0.281. The maximum Gasteiger partial charge on any atom is 0.416 e. The molecule has 1 heterocycles. The van der Waals surface area contributed by atoms with Gasteiger partial charge in [-0.3, -0.25) is 4.90 Å². The summed E-state index contributed by atoms with van der Waals surface area (Å²) in [5.74, 6) is 0. The van der Waals surface area contributed by atoms with Gasteiger partial charge in [0.2, 0.25) is 0 Å². The van der Waals surface area contributed by atoms with E-state index in [1.54, 1.807) is 19.1 Å². The molecule has 1 N–H and O–H groups in total. The number of carbonyl (C=O) groups excluding carboxylic acids is 2. The van der Waals surface area contributed by atoms with Gasteiger partial charge in [0, 0.05) is 11.7 Å². The van der Waals surface area contributed by atoms with Crippen molar-refractivity contribution >= 4 is 23.3 Å². The number of rotatable bonds is 4. The second kappa shape index (κ2) is 11.5. The quantitative estimate of drug-likeness (QED) is 0.353. The van der Waals surface area contributed by atoms with Crippen LogP contribution in [0, 0.1) is 11.3 Å². The van der Waals surface area contributed by atoms with Crippen LogP contribution in [0.3, 0.4) is 0 Å². The van der Waals surface area contributed by atoms with Gasteiger partial charge in [-0.15, -0.1) is 0 Å². The van der Waals surface area contributed by atoms with Crippen molar-refractivity contribution in [3.63, 3.8) is 0 Å². The summed E-state index contributed by atoms with van der Waals surface area (Å²) in [4.78, 5) is 29.6. The van der Waals surface area contributed by atoms with E-state index in [0.29, 0.717) is 16.8 Å². The number of anilines is 1. The van der Waals surface area contributed by atoms with E-state index in [0.717, 1.165) is 65.8 Å². The highest BCUT2D eigenvalue weighted by atomic mass is 19.4. The van der Waals surface area contributed by atoms with E-state index >= 15 is 0 Å². The lowest BCUT2D eigenvalue weighted by Gasteiger charge is -2.38. The third-order valence-electron chi connectivity index (χ3n) is 7.70. The average Bonchev–Trinajstić information content (AvgIpc) is 2.98. The number of nitrogens with zero attached hydrogens (tertiary/aromatic N) is 3. The van der Waals surface area contributed by atoms with E-state index in [9.17, 15) is 28.0 Å². The Morgan fingerprint density at radius 1 is 0.951 bits per heavy atom. The number of allylic oxidation sites excluding steroid dienone is 1. The minimum atomic E-state index is -4.60. The molecule has 1 fully saturated rings. The molecule has 3 aromatic rings. The van der Waals surface area contributed by atoms with Gasteiger partial charge in [0.15, 0.2) is 0 Å². The monoisotopic (exact) mass is 558 g/mol. The van der Waals surface area contributed by atoms with Gasteiger partial charge < -0.3 is 5.32 Å². The Labute approximate surface area is 236 Å². The van der Waals surface area contributed by atoms with Crippen LogP contribution in [-0.2, 0) is 6.18 Å². The Morgan fingerprint density at radius 2 is 1.63 bits per heavy atom. The van der Waals surface area contributed by atoms with Gasteiger partial charge in [0.1, 0.15) is 0 Å². The summed E-state index contributed by atoms with van der Waals surface area (Å²) in [5.41, 5.74) is 3.04. The van der Waals surface area contributed by atoms with Gasteiger partial charge in [0.25, 0.3) is 0 Å². The number of amides is 4. The van der Waals surface area contributed by atoms with Gasteiger partial charge in [-0.05, 0) is 72.4 Å². The van der Waals surface area contributed by atoms with E-state index in [-0.39, 0.29) is 18.3 Å². The standard InChI is InChI=1S/C32H29F3N4O2/c1-21-29(28-13-6-5-12-27(28)23-16-14-22(19-36)15-17-23)20-38(30(40)37-25-9-3-2-4-10-25)31(41)39(21)26-11-7-8-24(18-26)32(33,34)35/h5-8,11-18,25H,2-4,9-10,20H2,1H3,(H,37,40). The predicted octanol–water partition coefficient (Wildman–Crippen LogP) is 7.96. The molecule has 0 saturated heterocycles. The number of benzene rings is 3. The fourth-order valence-electron chi connectivity index (χ4n) is 5.53. The molecule has 0 spiro atoms. The molecule has 0 bridgehead atoms. The first-order valence-electron chi connectivity index (χ1n) is 13.6. The second-order valence-electron chi connectivity index (χ2n) is 10.3. The van der Waals surface area contributed by atoms with Crippen molar-refractivity contribution in [2.24, 2.45) is 0 Å². The summed E-state index contributed by atoms with van der Waals surface area (Å²) < 4.78 is 40.9. The summed E-state index contributed by atoms with van der Waals surface area (Å²) in [7, 11) is 0. The maximum absolute atomic E-state index is 13.8. The summed E-state index contributed by atoms with van der Waals surface area (Å²) in [5, 5.41) is 12.2. The van der Waals surface area contributed by atoms with Crippen molar-refractivity contribution in [1.29, 1.82) is 5.26 Å². The number of imide groups is 1. The van der Waals surface area contributed by atoms with Crippen LogP contribution in [0.5, 0.6) is 0 Å². The molecule has 0 radical (unpaired) electrons. The van der Waals surface area contributed by atoms with Crippen molar-refractivity contribution in [1.82, 2.24) is 10.2 Å². The molecule has 41 heavy (non-hydrogen) atoms. The summed E-state index contributed by atoms with van der Waals surface area (Å²) >= 11 is 0. The molecule has 6 nitrogen and oxygen atoms in total. The first-order valence-corrected chi connectivity index (χ1v) is 13.6. The van der Waals surface area contributed by atoms with Crippen LogP contribution in [0.1, 0.15) is 55.7 Å². The van der Waals surface area contributed by atoms with Crippen LogP contribution in [0.25, 0.3) is 16.7 Å². The van der Waals surface area contributed by atoms with Crippen LogP contribution >= 0.6 is 0 Å². The Bertz CT molecular complexity index is 1530. The van der Waals surface area contributed by atoms with Gasteiger partial charge in [-0.2, -0.15) is 18.4 Å². The Hall–Kier alpha value is -4.58. The van der Waals surface area contributed by atoms with Crippen molar-refractivity contribution in [3.8, 4) is 17.2 Å². The summed E-state index contributed by atoms with van der Waals surface area (Å²) in [6.07, 6.45) is 0.0871. The third-order valence-corrected chi connectivity index (χ3v) is 7.70. The van der Waals surface area contributed by atoms with E-state index in [4.69, 9.17) is 0 Å². The molecule has 1 aliphatic carbocycles. The smallest absolute Gasteiger partial charge is 0.335 e. The molecule has 210 valence electrons. The molecule has 1 aliphatic heterocycles. The van der Waals surface area contributed by atoms with E-state index < -0.39 is 23.8 Å². The number of hydrogen-bond acceptors (Lipinski definition) is 3. The molecule has 3 aromatic carbocycles. The molecule has 4 amide bonds. The number of halogens is 3. The zero-order chi connectivity index (χ0) is 29.1. The number of nitrogens with one attached hydrogen (secondary N) is 1. The van der Waals surface area contributed by atoms with Crippen LogP contribution in [0.2, 0.25) is 0 Å². The van der Waals surface area contributed by atoms with E-state index in [2.05, 4.69) is 11.4 Å². The largest absolute Gasteiger partial charge is 0.416 e. The molecule has 1 saturated carbocycles. The van der Waals surface area contributed by atoms with Gasteiger partial charge in [-0.1, -0.05) is 61.7 Å². The zero-order valence-corrected chi connectivity index (χ0v) is 22.5. The summed E-state index contributed by atoms with van der Waals surface area (Å²) in [6.45, 7) is 1.63. The Kier molecular flexibility index (Phi) is 7.84. The second-order valence-corrected chi connectivity index (χ2v) is 10.3. The highest BCUT2D eigenvalue weighted by Gasteiger charge is 2.38. The number of alkyl halides is 3. The van der Waals surface area contributed by atoms with Crippen molar-refractivity contribution in [3.05, 3.63) is 95.2 Å². The minimum absolute atomic E-state index is 0.0193. The number of urea groups is 2. The van der Waals surface area contributed by atoms with Crippen molar-refractivity contribution in [2.75, 3.05) is 11.4 Å². The van der Waals surface area contributed by atoms with Crippen LogP contribution < -0.4 is 10.2 Å². The fourth-order valence-corrected chi connectivity index (χ4v) is 5.53. The number of carbonyl (C=O) groups is 2. The molecule has 2 aliphatic rings.